The Bertz CT molecular complexity index is 670. The molecule has 5 heteroatoms. The summed E-state index contributed by atoms with van der Waals surface area (Å²) in [4.78, 5) is 0. The van der Waals surface area contributed by atoms with Gasteiger partial charge in [0.15, 0.2) is 0 Å². The number of hydrazone groups is 1. The fraction of sp³-hybridized carbons (Fsp3) is 0.133. The first-order valence-electron chi connectivity index (χ1n) is 6.20. The van der Waals surface area contributed by atoms with E-state index in [1.807, 2.05) is 36.4 Å². The van der Waals surface area contributed by atoms with E-state index < -0.39 is 0 Å². The lowest BCUT2D eigenvalue weighted by Gasteiger charge is -2.12. The number of aromatic hydroxyl groups is 1. The lowest BCUT2D eigenvalue weighted by Crippen LogP contribution is -2.10. The quantitative estimate of drug-likeness (QED) is 0.849. The van der Waals surface area contributed by atoms with E-state index in [4.69, 9.17) is 11.6 Å². The van der Waals surface area contributed by atoms with Crippen LogP contribution in [0.1, 0.15) is 23.6 Å². The number of hydrogen-bond acceptors (Lipinski definition) is 3. The molecule has 0 spiro atoms. The number of hydrogen-bond donors (Lipinski definition) is 2. The summed E-state index contributed by atoms with van der Waals surface area (Å²) in [7, 11) is 0. The highest BCUT2D eigenvalue weighted by atomic mass is 79.9. The van der Waals surface area contributed by atoms with E-state index in [0.717, 1.165) is 27.7 Å². The number of rotatable bonds is 2. The van der Waals surface area contributed by atoms with Gasteiger partial charge in [0.2, 0.25) is 0 Å². The van der Waals surface area contributed by atoms with Gasteiger partial charge >= 0.3 is 0 Å². The highest BCUT2D eigenvalue weighted by molar-refractivity contribution is 9.10. The predicted octanol–water partition coefficient (Wildman–Crippen LogP) is 4.25. The van der Waals surface area contributed by atoms with Gasteiger partial charge < -0.3 is 10.5 Å². The molecule has 0 saturated carbocycles. The van der Waals surface area contributed by atoms with E-state index in [9.17, 15) is 5.11 Å². The fourth-order valence-electron chi connectivity index (χ4n) is 2.25. The lowest BCUT2D eigenvalue weighted by atomic mass is 9.98. The molecule has 2 aromatic rings. The molecule has 0 aliphatic carbocycles. The Morgan fingerprint density at radius 2 is 1.95 bits per heavy atom. The summed E-state index contributed by atoms with van der Waals surface area (Å²) in [5.74, 6) is 0.276. The Balaban J connectivity index is 1.82. The Morgan fingerprint density at radius 3 is 2.70 bits per heavy atom. The van der Waals surface area contributed by atoms with Crippen molar-refractivity contribution in [3.8, 4) is 5.75 Å². The maximum absolute atomic E-state index is 9.96. The molecule has 0 aromatic heterocycles. The SMILES string of the molecule is Oc1ccc(Br)cc1C1CC(c2ccc(Cl)cc2)=NN1. The molecule has 20 heavy (non-hydrogen) atoms. The summed E-state index contributed by atoms with van der Waals surface area (Å²) >= 11 is 9.31. The molecule has 0 radical (unpaired) electrons. The zero-order chi connectivity index (χ0) is 14.1. The van der Waals surface area contributed by atoms with Gasteiger partial charge in [0.25, 0.3) is 0 Å². The highest BCUT2D eigenvalue weighted by Gasteiger charge is 2.23. The van der Waals surface area contributed by atoms with Crippen LogP contribution in [-0.2, 0) is 0 Å². The average molecular weight is 352 g/mol. The topological polar surface area (TPSA) is 44.6 Å². The Kier molecular flexibility index (Phi) is 3.68. The van der Waals surface area contributed by atoms with E-state index in [-0.39, 0.29) is 11.8 Å². The number of nitrogens with zero attached hydrogens (tertiary/aromatic N) is 1. The zero-order valence-electron chi connectivity index (χ0n) is 10.5. The summed E-state index contributed by atoms with van der Waals surface area (Å²) < 4.78 is 0.937. The van der Waals surface area contributed by atoms with Crippen molar-refractivity contribution in [2.45, 2.75) is 12.5 Å². The maximum Gasteiger partial charge on any atom is 0.120 e. The third-order valence-electron chi connectivity index (χ3n) is 3.30. The standard InChI is InChI=1S/C15H12BrClN2O/c16-10-3-6-15(20)12(7-10)14-8-13(18-19-14)9-1-4-11(17)5-2-9/h1-7,14,19-20H,8H2. The highest BCUT2D eigenvalue weighted by Crippen LogP contribution is 2.32. The third-order valence-corrected chi connectivity index (χ3v) is 4.04. The van der Waals surface area contributed by atoms with Crippen molar-refractivity contribution < 1.29 is 5.11 Å². The number of phenols is 1. The van der Waals surface area contributed by atoms with Crippen LogP contribution in [0.15, 0.2) is 52.0 Å². The van der Waals surface area contributed by atoms with Crippen LogP contribution in [0.3, 0.4) is 0 Å². The van der Waals surface area contributed by atoms with E-state index in [0.29, 0.717) is 5.02 Å². The summed E-state index contributed by atoms with van der Waals surface area (Å²) in [6, 6.07) is 13.0. The summed E-state index contributed by atoms with van der Waals surface area (Å²) in [5.41, 5.74) is 5.92. The molecule has 1 aliphatic heterocycles. The molecule has 2 N–H and O–H groups in total. The van der Waals surface area contributed by atoms with Crippen molar-refractivity contribution in [2.24, 2.45) is 5.10 Å². The molecule has 1 unspecified atom stereocenters. The molecular formula is C15H12BrClN2O. The number of halogens is 2. The molecule has 1 atom stereocenters. The van der Waals surface area contributed by atoms with Crippen LogP contribution in [0.4, 0.5) is 0 Å². The van der Waals surface area contributed by atoms with Gasteiger partial charge in [-0.2, -0.15) is 5.10 Å². The summed E-state index contributed by atoms with van der Waals surface area (Å²) in [5, 5.41) is 15.0. The molecule has 0 fully saturated rings. The van der Waals surface area contributed by atoms with Gasteiger partial charge in [-0.25, -0.2) is 0 Å². The van der Waals surface area contributed by atoms with Crippen LogP contribution < -0.4 is 5.43 Å². The predicted molar refractivity (Wildman–Crippen MR) is 84.3 cm³/mol. The molecule has 1 aliphatic rings. The van der Waals surface area contributed by atoms with Gasteiger partial charge in [-0.1, -0.05) is 39.7 Å². The molecule has 0 amide bonds. The Morgan fingerprint density at radius 1 is 1.20 bits per heavy atom. The first-order chi connectivity index (χ1) is 9.63. The first-order valence-corrected chi connectivity index (χ1v) is 7.37. The largest absolute Gasteiger partial charge is 0.508 e. The number of phenolic OH excluding ortho intramolecular Hbond substituents is 1. The van der Waals surface area contributed by atoms with Gasteiger partial charge in [-0.15, -0.1) is 0 Å². The normalized spacial score (nSPS) is 17.7. The van der Waals surface area contributed by atoms with Crippen LogP contribution in [0.2, 0.25) is 5.02 Å². The first kappa shape index (κ1) is 13.5. The summed E-state index contributed by atoms with van der Waals surface area (Å²) in [6.07, 6.45) is 0.728. The minimum absolute atomic E-state index is 0.0156. The zero-order valence-corrected chi connectivity index (χ0v) is 12.8. The van der Waals surface area contributed by atoms with Crippen molar-refractivity contribution in [1.29, 1.82) is 0 Å². The second-order valence-corrected chi connectivity index (χ2v) is 6.01. The third kappa shape index (κ3) is 2.67. The van der Waals surface area contributed by atoms with Crippen molar-refractivity contribution >= 4 is 33.2 Å². The average Bonchev–Trinajstić information content (AvgIpc) is 2.92. The minimum Gasteiger partial charge on any atom is -0.508 e. The molecule has 102 valence electrons. The van der Waals surface area contributed by atoms with Crippen LogP contribution in [-0.4, -0.2) is 10.8 Å². The van der Waals surface area contributed by atoms with Gasteiger partial charge in [-0.3, -0.25) is 0 Å². The lowest BCUT2D eigenvalue weighted by molar-refractivity contribution is 0.455. The maximum atomic E-state index is 9.96. The summed E-state index contributed by atoms with van der Waals surface area (Å²) in [6.45, 7) is 0. The van der Waals surface area contributed by atoms with Gasteiger partial charge in [0.05, 0.1) is 11.8 Å². The molecule has 2 aromatic carbocycles. The second kappa shape index (κ2) is 5.46. The second-order valence-electron chi connectivity index (χ2n) is 4.65. The number of nitrogens with one attached hydrogen (secondary N) is 1. The van der Waals surface area contributed by atoms with Crippen LogP contribution >= 0.6 is 27.5 Å². The molecule has 3 rings (SSSR count). The monoisotopic (exact) mass is 350 g/mol. The van der Waals surface area contributed by atoms with Crippen molar-refractivity contribution in [1.82, 2.24) is 5.43 Å². The van der Waals surface area contributed by atoms with E-state index in [2.05, 4.69) is 26.5 Å². The van der Waals surface area contributed by atoms with Crippen LogP contribution in [0.25, 0.3) is 0 Å². The van der Waals surface area contributed by atoms with Crippen molar-refractivity contribution in [3.63, 3.8) is 0 Å². The Hall–Kier alpha value is -1.52. The molecule has 3 nitrogen and oxygen atoms in total. The van der Waals surface area contributed by atoms with E-state index in [1.54, 1.807) is 6.07 Å². The molecule has 1 heterocycles. The van der Waals surface area contributed by atoms with Crippen molar-refractivity contribution in [3.05, 3.63) is 63.1 Å². The molecule has 0 bridgehead atoms. The van der Waals surface area contributed by atoms with E-state index >= 15 is 0 Å². The molecular weight excluding hydrogens is 340 g/mol. The van der Waals surface area contributed by atoms with Gasteiger partial charge in [0.1, 0.15) is 5.75 Å². The smallest absolute Gasteiger partial charge is 0.120 e. The van der Waals surface area contributed by atoms with Crippen molar-refractivity contribution in [2.75, 3.05) is 0 Å². The van der Waals surface area contributed by atoms with Crippen LogP contribution in [0, 0.1) is 0 Å². The molecule has 0 saturated heterocycles. The van der Waals surface area contributed by atoms with Crippen LogP contribution in [0.5, 0.6) is 5.75 Å². The minimum atomic E-state index is -0.0156. The van der Waals surface area contributed by atoms with E-state index in [1.165, 1.54) is 0 Å². The Labute approximate surface area is 130 Å². The fourth-order valence-corrected chi connectivity index (χ4v) is 2.75. The van der Waals surface area contributed by atoms with Gasteiger partial charge in [-0.05, 0) is 35.9 Å². The van der Waals surface area contributed by atoms with Gasteiger partial charge in [0, 0.05) is 21.5 Å². The number of benzene rings is 2.